The Kier molecular flexibility index (Phi) is 2.15. The van der Waals surface area contributed by atoms with E-state index in [1.54, 1.807) is 23.0 Å². The fraction of sp³-hybridized carbons (Fsp3) is 0.400. The third-order valence-electron chi connectivity index (χ3n) is 2.40. The Bertz CT molecular complexity index is 539. The van der Waals surface area contributed by atoms with Crippen molar-refractivity contribution in [2.75, 3.05) is 0 Å². The number of rotatable bonds is 1. The first-order valence-corrected chi connectivity index (χ1v) is 5.46. The molecule has 0 amide bonds. The molecule has 0 saturated heterocycles. The summed E-state index contributed by atoms with van der Waals surface area (Å²) in [5.74, 6) is 0. The molecular weight excluding hydrogens is 196 g/mol. The summed E-state index contributed by atoms with van der Waals surface area (Å²) >= 11 is 1.61. The third-order valence-corrected chi connectivity index (χ3v) is 3.57. The predicted molar refractivity (Wildman–Crippen MR) is 59.0 cm³/mol. The highest BCUT2D eigenvalue weighted by Crippen LogP contribution is 2.25. The zero-order valence-electron chi connectivity index (χ0n) is 8.50. The lowest BCUT2D eigenvalue weighted by atomic mass is 10.2. The van der Waals surface area contributed by atoms with Crippen LogP contribution in [0.4, 0.5) is 0 Å². The van der Waals surface area contributed by atoms with Crippen molar-refractivity contribution in [3.8, 4) is 0 Å². The predicted octanol–water partition coefficient (Wildman–Crippen LogP) is 1.87. The topological polar surface area (TPSA) is 34.9 Å². The quantitative estimate of drug-likeness (QED) is 0.717. The fourth-order valence-corrected chi connectivity index (χ4v) is 2.66. The first-order valence-electron chi connectivity index (χ1n) is 4.58. The van der Waals surface area contributed by atoms with E-state index in [9.17, 15) is 4.79 Å². The molecular formula is C10H12N2OS. The highest BCUT2D eigenvalue weighted by molar-refractivity contribution is 7.17. The molecule has 0 aliphatic heterocycles. The SMILES string of the molecule is CCc1nc(=O)n(C)c2scc(C)c12. The van der Waals surface area contributed by atoms with Crippen LogP contribution in [-0.2, 0) is 13.5 Å². The van der Waals surface area contributed by atoms with Crippen LogP contribution < -0.4 is 5.69 Å². The molecule has 0 atom stereocenters. The number of hydrogen-bond acceptors (Lipinski definition) is 3. The summed E-state index contributed by atoms with van der Waals surface area (Å²) in [6.07, 6.45) is 0.810. The smallest absolute Gasteiger partial charge is 0.286 e. The van der Waals surface area contributed by atoms with Crippen LogP contribution in [0.5, 0.6) is 0 Å². The molecule has 0 saturated carbocycles. The van der Waals surface area contributed by atoms with Crippen LogP contribution in [0.1, 0.15) is 18.2 Å². The van der Waals surface area contributed by atoms with Crippen LogP contribution in [0.3, 0.4) is 0 Å². The fourth-order valence-electron chi connectivity index (χ4n) is 1.62. The average Bonchev–Trinajstić information content (AvgIpc) is 2.55. The van der Waals surface area contributed by atoms with Gasteiger partial charge in [0.1, 0.15) is 4.83 Å². The Balaban J connectivity index is 3.00. The van der Waals surface area contributed by atoms with Gasteiger partial charge >= 0.3 is 5.69 Å². The average molecular weight is 208 g/mol. The summed E-state index contributed by atoms with van der Waals surface area (Å²) in [6.45, 7) is 4.09. The maximum absolute atomic E-state index is 11.5. The van der Waals surface area contributed by atoms with Gasteiger partial charge in [-0.2, -0.15) is 4.98 Å². The summed E-state index contributed by atoms with van der Waals surface area (Å²) in [5, 5.41) is 3.23. The van der Waals surface area contributed by atoms with Gasteiger partial charge in [-0.3, -0.25) is 4.57 Å². The molecule has 0 aromatic carbocycles. The normalized spacial score (nSPS) is 11.1. The minimum absolute atomic E-state index is 0.156. The molecule has 0 N–H and O–H groups in total. The van der Waals surface area contributed by atoms with Crippen molar-refractivity contribution in [1.29, 1.82) is 0 Å². The van der Waals surface area contributed by atoms with Gasteiger partial charge in [0.05, 0.1) is 5.69 Å². The van der Waals surface area contributed by atoms with Crippen LogP contribution in [0.15, 0.2) is 10.2 Å². The Morgan fingerprint density at radius 2 is 2.29 bits per heavy atom. The number of aryl methyl sites for hydroxylation is 3. The van der Waals surface area contributed by atoms with Gasteiger partial charge in [-0.25, -0.2) is 4.79 Å². The first kappa shape index (κ1) is 9.40. The van der Waals surface area contributed by atoms with Crippen molar-refractivity contribution < 1.29 is 0 Å². The van der Waals surface area contributed by atoms with E-state index in [4.69, 9.17) is 0 Å². The summed E-state index contributed by atoms with van der Waals surface area (Å²) in [6, 6.07) is 0. The van der Waals surface area contributed by atoms with Crippen LogP contribution in [0.2, 0.25) is 0 Å². The molecule has 0 unspecified atom stereocenters. The van der Waals surface area contributed by atoms with Crippen molar-refractivity contribution in [1.82, 2.24) is 9.55 Å². The molecule has 3 nitrogen and oxygen atoms in total. The molecule has 2 aromatic rings. The monoisotopic (exact) mass is 208 g/mol. The maximum atomic E-state index is 11.5. The summed E-state index contributed by atoms with van der Waals surface area (Å²) in [7, 11) is 1.77. The lowest BCUT2D eigenvalue weighted by molar-refractivity contribution is 0.836. The van der Waals surface area contributed by atoms with Crippen molar-refractivity contribution in [3.05, 3.63) is 27.1 Å². The summed E-state index contributed by atoms with van der Waals surface area (Å²) in [5.41, 5.74) is 1.98. The third kappa shape index (κ3) is 1.18. The van der Waals surface area contributed by atoms with Gasteiger partial charge in [-0.05, 0) is 24.3 Å². The molecule has 4 heteroatoms. The van der Waals surface area contributed by atoms with E-state index in [1.807, 2.05) is 6.92 Å². The molecule has 0 bridgehead atoms. The van der Waals surface area contributed by atoms with E-state index < -0.39 is 0 Å². The van der Waals surface area contributed by atoms with E-state index in [2.05, 4.69) is 17.3 Å². The Morgan fingerprint density at radius 3 is 2.93 bits per heavy atom. The second kappa shape index (κ2) is 3.20. The largest absolute Gasteiger partial charge is 0.348 e. The zero-order chi connectivity index (χ0) is 10.3. The Morgan fingerprint density at radius 1 is 1.57 bits per heavy atom. The number of aromatic nitrogens is 2. The van der Waals surface area contributed by atoms with Gasteiger partial charge in [0, 0.05) is 12.4 Å². The van der Waals surface area contributed by atoms with E-state index in [1.165, 1.54) is 5.56 Å². The number of thiophene rings is 1. The second-order valence-corrected chi connectivity index (χ2v) is 4.21. The Hall–Kier alpha value is -1.16. The van der Waals surface area contributed by atoms with E-state index >= 15 is 0 Å². The lowest BCUT2D eigenvalue weighted by Gasteiger charge is -2.03. The number of hydrogen-bond donors (Lipinski definition) is 0. The molecule has 2 heterocycles. The summed E-state index contributed by atoms with van der Waals surface area (Å²) in [4.78, 5) is 16.6. The second-order valence-electron chi connectivity index (χ2n) is 3.35. The van der Waals surface area contributed by atoms with Gasteiger partial charge in [-0.1, -0.05) is 6.92 Å². The molecule has 2 aromatic heterocycles. The van der Waals surface area contributed by atoms with Crippen molar-refractivity contribution in [2.45, 2.75) is 20.3 Å². The van der Waals surface area contributed by atoms with Crippen LogP contribution in [-0.4, -0.2) is 9.55 Å². The highest BCUT2D eigenvalue weighted by atomic mass is 32.1. The highest BCUT2D eigenvalue weighted by Gasteiger charge is 2.10. The van der Waals surface area contributed by atoms with Crippen LogP contribution in [0, 0.1) is 6.92 Å². The zero-order valence-corrected chi connectivity index (χ0v) is 9.31. The number of nitrogens with zero attached hydrogens (tertiary/aromatic N) is 2. The lowest BCUT2D eigenvalue weighted by Crippen LogP contribution is -2.21. The molecule has 0 aliphatic carbocycles. The standard InChI is InChI=1S/C10H12N2OS/c1-4-7-8-6(2)5-14-9(8)12(3)10(13)11-7/h5H,4H2,1-3H3. The van der Waals surface area contributed by atoms with Gasteiger partial charge in [-0.15, -0.1) is 11.3 Å². The van der Waals surface area contributed by atoms with E-state index in [0.29, 0.717) is 0 Å². The van der Waals surface area contributed by atoms with Gasteiger partial charge in [0.15, 0.2) is 0 Å². The van der Waals surface area contributed by atoms with Crippen LogP contribution >= 0.6 is 11.3 Å². The van der Waals surface area contributed by atoms with E-state index in [0.717, 1.165) is 22.3 Å². The van der Waals surface area contributed by atoms with Gasteiger partial charge in [0.25, 0.3) is 0 Å². The summed E-state index contributed by atoms with van der Waals surface area (Å²) < 4.78 is 1.62. The minimum atomic E-state index is -0.156. The molecule has 2 rings (SSSR count). The van der Waals surface area contributed by atoms with Crippen molar-refractivity contribution in [3.63, 3.8) is 0 Å². The molecule has 0 spiro atoms. The van der Waals surface area contributed by atoms with Gasteiger partial charge in [0.2, 0.25) is 0 Å². The minimum Gasteiger partial charge on any atom is -0.286 e. The van der Waals surface area contributed by atoms with Gasteiger partial charge < -0.3 is 0 Å². The molecule has 14 heavy (non-hydrogen) atoms. The molecule has 0 radical (unpaired) electrons. The van der Waals surface area contributed by atoms with Crippen molar-refractivity contribution in [2.24, 2.45) is 7.05 Å². The Labute approximate surface area is 86.0 Å². The van der Waals surface area contributed by atoms with Crippen molar-refractivity contribution >= 4 is 21.6 Å². The molecule has 74 valence electrons. The first-order chi connectivity index (χ1) is 6.65. The van der Waals surface area contributed by atoms with Crippen LogP contribution in [0.25, 0.3) is 10.2 Å². The maximum Gasteiger partial charge on any atom is 0.348 e. The molecule has 0 fully saturated rings. The number of fused-ring (bicyclic) bond motifs is 1. The molecule has 0 aliphatic rings. The van der Waals surface area contributed by atoms with E-state index in [-0.39, 0.29) is 5.69 Å².